The number of benzene rings is 1. The first-order chi connectivity index (χ1) is 13.5. The Morgan fingerprint density at radius 3 is 1.86 bits per heavy atom. The van der Waals surface area contributed by atoms with Crippen LogP contribution in [0.5, 0.6) is 5.75 Å². The highest BCUT2D eigenvalue weighted by atomic mass is 32.2. The summed E-state index contributed by atoms with van der Waals surface area (Å²) in [5.41, 5.74) is 0.848. The minimum absolute atomic E-state index is 0.0171. The number of nitrogens with two attached hydrogens (primary N) is 1. The van der Waals surface area contributed by atoms with Crippen LogP contribution >= 0.6 is 0 Å². The van der Waals surface area contributed by atoms with Gasteiger partial charge in [0.25, 0.3) is 20.0 Å². The van der Waals surface area contributed by atoms with Gasteiger partial charge in [-0.05, 0) is 17.7 Å². The van der Waals surface area contributed by atoms with E-state index in [1.165, 1.54) is 29.6 Å². The summed E-state index contributed by atoms with van der Waals surface area (Å²) < 4.78 is 55.6. The number of aryl methyl sites for hydroxylation is 2. The number of hydrogen-bond acceptors (Lipinski definition) is 7. The molecule has 3 rings (SSSR count). The molecule has 0 radical (unpaired) electrons. The van der Waals surface area contributed by atoms with E-state index in [-0.39, 0.29) is 16.6 Å². The van der Waals surface area contributed by atoms with Gasteiger partial charge in [-0.25, -0.2) is 36.7 Å². The zero-order valence-corrected chi connectivity index (χ0v) is 17.7. The third-order valence-electron chi connectivity index (χ3n) is 3.55. The summed E-state index contributed by atoms with van der Waals surface area (Å²) in [6.45, 7) is 0.211. The Kier molecular flexibility index (Phi) is 7.13. The van der Waals surface area contributed by atoms with Crippen LogP contribution in [0.15, 0.2) is 59.4 Å². The van der Waals surface area contributed by atoms with Crippen LogP contribution in [-0.2, 0) is 40.7 Å². The zero-order valence-electron chi connectivity index (χ0n) is 16.0. The number of methoxy groups -OCH3 is 1. The van der Waals surface area contributed by atoms with Crippen LogP contribution in [-0.4, -0.2) is 43.0 Å². The number of sulfonamides is 2. The summed E-state index contributed by atoms with van der Waals surface area (Å²) >= 11 is 0. The van der Waals surface area contributed by atoms with Gasteiger partial charge in [0.15, 0.2) is 10.1 Å². The summed E-state index contributed by atoms with van der Waals surface area (Å²) in [6.07, 6.45) is 5.62. The molecule has 0 saturated heterocycles. The lowest BCUT2D eigenvalue weighted by atomic mass is 10.2. The first-order valence-corrected chi connectivity index (χ1v) is 11.2. The van der Waals surface area contributed by atoms with Crippen molar-refractivity contribution in [3.05, 3.63) is 54.9 Å². The standard InChI is InChI=1S/C12H15N3O3S.C4H7N3O2S/c1-15-8-12(13-9-15)19(16,17)14-7-10-3-5-11(18-2)6-4-10;1-7-2-4(6-3-7)10(5,8)9/h3-6,8-9,14H,7H2,1-2H3;2-3H,1H3,(H2,5,8,9). The molecule has 13 heteroatoms. The Morgan fingerprint density at radius 1 is 0.966 bits per heavy atom. The Morgan fingerprint density at radius 2 is 1.48 bits per heavy atom. The van der Waals surface area contributed by atoms with E-state index in [0.29, 0.717) is 0 Å². The van der Waals surface area contributed by atoms with Crippen LogP contribution in [0.1, 0.15) is 5.56 Å². The smallest absolute Gasteiger partial charge is 0.259 e. The van der Waals surface area contributed by atoms with Crippen molar-refractivity contribution >= 4 is 20.0 Å². The molecule has 0 spiro atoms. The molecule has 0 bridgehead atoms. The molecule has 0 saturated carbocycles. The number of nitrogens with one attached hydrogen (secondary N) is 1. The lowest BCUT2D eigenvalue weighted by molar-refractivity contribution is 0.414. The number of hydrogen-bond donors (Lipinski definition) is 2. The van der Waals surface area contributed by atoms with Crippen molar-refractivity contribution < 1.29 is 21.6 Å². The number of primary sulfonamides is 1. The van der Waals surface area contributed by atoms with E-state index in [1.807, 2.05) is 0 Å². The van der Waals surface area contributed by atoms with Gasteiger partial charge in [0, 0.05) is 33.0 Å². The van der Waals surface area contributed by atoms with Crippen molar-refractivity contribution in [3.63, 3.8) is 0 Å². The van der Waals surface area contributed by atoms with E-state index in [9.17, 15) is 16.8 Å². The van der Waals surface area contributed by atoms with Crippen LogP contribution in [0.3, 0.4) is 0 Å². The van der Waals surface area contributed by atoms with Gasteiger partial charge in [0.2, 0.25) is 0 Å². The maximum Gasteiger partial charge on any atom is 0.259 e. The quantitative estimate of drug-likeness (QED) is 0.544. The highest BCUT2D eigenvalue weighted by Gasteiger charge is 2.16. The van der Waals surface area contributed by atoms with Crippen molar-refractivity contribution in [1.82, 2.24) is 23.8 Å². The van der Waals surface area contributed by atoms with Crippen molar-refractivity contribution in [3.8, 4) is 5.75 Å². The Balaban J connectivity index is 0.000000253. The molecule has 11 nitrogen and oxygen atoms in total. The van der Waals surface area contributed by atoms with Gasteiger partial charge in [-0.15, -0.1) is 0 Å². The lowest BCUT2D eigenvalue weighted by Crippen LogP contribution is -2.23. The first kappa shape index (κ1) is 22.5. The fourth-order valence-corrected chi connectivity index (χ4v) is 3.56. The van der Waals surface area contributed by atoms with Gasteiger partial charge in [-0.1, -0.05) is 12.1 Å². The van der Waals surface area contributed by atoms with Crippen LogP contribution in [0, 0.1) is 0 Å². The molecule has 3 N–H and O–H groups in total. The number of ether oxygens (including phenoxy) is 1. The van der Waals surface area contributed by atoms with Gasteiger partial charge in [-0.2, -0.15) is 0 Å². The fourth-order valence-electron chi connectivity index (χ4n) is 2.06. The van der Waals surface area contributed by atoms with E-state index >= 15 is 0 Å². The van der Waals surface area contributed by atoms with Crippen molar-refractivity contribution in [2.75, 3.05) is 7.11 Å². The summed E-state index contributed by atoms with van der Waals surface area (Å²) in [5, 5.41) is 4.68. The molecule has 29 heavy (non-hydrogen) atoms. The van der Waals surface area contributed by atoms with E-state index in [4.69, 9.17) is 9.88 Å². The van der Waals surface area contributed by atoms with Gasteiger partial charge >= 0.3 is 0 Å². The number of imidazole rings is 2. The summed E-state index contributed by atoms with van der Waals surface area (Å²) in [7, 11) is -2.21. The molecular formula is C16H22N6O5S2. The highest BCUT2D eigenvalue weighted by molar-refractivity contribution is 7.89. The minimum Gasteiger partial charge on any atom is -0.497 e. The molecule has 158 valence electrons. The molecule has 0 aliphatic heterocycles. The SMILES string of the molecule is COc1ccc(CNS(=O)(=O)c2cn(C)cn2)cc1.Cn1cnc(S(N)(=O)=O)c1. The molecule has 3 aromatic rings. The molecule has 2 heterocycles. The topological polar surface area (TPSA) is 151 Å². The average Bonchev–Trinajstić information content (AvgIpc) is 3.30. The fraction of sp³-hybridized carbons (Fsp3) is 0.250. The predicted octanol–water partition coefficient (Wildman–Crippen LogP) is -0.0253. The van der Waals surface area contributed by atoms with Crippen molar-refractivity contribution in [2.24, 2.45) is 19.2 Å². The van der Waals surface area contributed by atoms with Gasteiger partial charge in [0.1, 0.15) is 5.75 Å². The molecule has 0 aliphatic carbocycles. The van der Waals surface area contributed by atoms with Crippen molar-refractivity contribution in [1.29, 1.82) is 0 Å². The van der Waals surface area contributed by atoms with Gasteiger partial charge < -0.3 is 13.9 Å². The first-order valence-electron chi connectivity index (χ1n) is 8.12. The van der Waals surface area contributed by atoms with Crippen molar-refractivity contribution in [2.45, 2.75) is 16.6 Å². The lowest BCUT2D eigenvalue weighted by Gasteiger charge is -2.05. The van der Waals surface area contributed by atoms with E-state index in [2.05, 4.69) is 14.7 Å². The third-order valence-corrected chi connectivity index (χ3v) is 5.63. The second-order valence-electron chi connectivity index (χ2n) is 5.97. The monoisotopic (exact) mass is 442 g/mol. The average molecular weight is 443 g/mol. The molecule has 0 amide bonds. The molecule has 0 atom stereocenters. The van der Waals surface area contributed by atoms with Crippen LogP contribution in [0.2, 0.25) is 0 Å². The third kappa shape index (κ3) is 6.67. The molecular weight excluding hydrogens is 420 g/mol. The molecule has 0 aliphatic rings. The number of nitrogens with zero attached hydrogens (tertiary/aromatic N) is 4. The Labute approximate surface area is 169 Å². The largest absolute Gasteiger partial charge is 0.497 e. The van der Waals surface area contributed by atoms with E-state index in [0.717, 1.165) is 11.3 Å². The highest BCUT2D eigenvalue weighted by Crippen LogP contribution is 2.12. The van der Waals surface area contributed by atoms with E-state index in [1.54, 1.807) is 50.0 Å². The second kappa shape index (κ2) is 9.17. The molecule has 2 aromatic heterocycles. The maximum absolute atomic E-state index is 11.9. The van der Waals surface area contributed by atoms with Crippen LogP contribution < -0.4 is 14.6 Å². The zero-order chi connectivity index (χ0) is 21.7. The van der Waals surface area contributed by atoms with Gasteiger partial charge in [0.05, 0.1) is 19.8 Å². The van der Waals surface area contributed by atoms with E-state index < -0.39 is 20.0 Å². The molecule has 1 aromatic carbocycles. The summed E-state index contributed by atoms with van der Waals surface area (Å²) in [4.78, 5) is 7.36. The van der Waals surface area contributed by atoms with Gasteiger partial charge in [-0.3, -0.25) is 0 Å². The maximum atomic E-state index is 11.9. The molecule has 0 fully saturated rings. The normalized spacial score (nSPS) is 11.6. The predicted molar refractivity (Wildman–Crippen MR) is 105 cm³/mol. The van der Waals surface area contributed by atoms with Crippen LogP contribution in [0.25, 0.3) is 0 Å². The summed E-state index contributed by atoms with van der Waals surface area (Å²) in [6, 6.07) is 7.17. The Bertz CT molecular complexity index is 1150. The Hall–Kier alpha value is -2.74. The number of rotatable bonds is 6. The number of aromatic nitrogens is 4. The summed E-state index contributed by atoms with van der Waals surface area (Å²) in [5.74, 6) is 0.733. The molecule has 0 unspecified atom stereocenters. The van der Waals surface area contributed by atoms with Crippen LogP contribution in [0.4, 0.5) is 0 Å². The minimum atomic E-state index is -3.61. The second-order valence-corrected chi connectivity index (χ2v) is 9.19.